The zero-order valence-corrected chi connectivity index (χ0v) is 17.9. The van der Waals surface area contributed by atoms with Gasteiger partial charge in [0.2, 0.25) is 10.0 Å². The number of sulfonamides is 1. The van der Waals surface area contributed by atoms with Crippen LogP contribution in [0.2, 0.25) is 0 Å². The Morgan fingerprint density at radius 3 is 2.59 bits per heavy atom. The molecule has 0 amide bonds. The molecule has 4 rings (SSSR count). The van der Waals surface area contributed by atoms with Gasteiger partial charge in [-0.3, -0.25) is 5.10 Å². The minimum atomic E-state index is -3.22. The lowest BCUT2D eigenvalue weighted by molar-refractivity contribution is 0.332. The number of aromatic amines is 1. The highest BCUT2D eigenvalue weighted by molar-refractivity contribution is 7.88. The zero-order chi connectivity index (χ0) is 20.6. The molecule has 1 aliphatic heterocycles. The molecular formula is C21H27N5O2S. The molecule has 1 fully saturated rings. The molecule has 1 aliphatic rings. The van der Waals surface area contributed by atoms with E-state index in [0.717, 1.165) is 28.8 Å². The van der Waals surface area contributed by atoms with Crippen LogP contribution < -0.4 is 9.80 Å². The highest BCUT2D eigenvalue weighted by Crippen LogP contribution is 2.30. The maximum Gasteiger partial charge on any atom is 0.211 e. The van der Waals surface area contributed by atoms with Crippen molar-refractivity contribution in [3.05, 3.63) is 54.1 Å². The minimum absolute atomic E-state index is 0.0630. The fourth-order valence-electron chi connectivity index (χ4n) is 4.04. The number of rotatable bonds is 5. The van der Waals surface area contributed by atoms with Gasteiger partial charge in [0.1, 0.15) is 0 Å². The van der Waals surface area contributed by atoms with Gasteiger partial charge in [-0.15, -0.1) is 0 Å². The van der Waals surface area contributed by atoms with Gasteiger partial charge in [0.15, 0.2) is 5.82 Å². The lowest BCUT2D eigenvalue weighted by atomic mass is 10.0. The number of hydrogen-bond donors (Lipinski definition) is 1. The third-order valence-corrected chi connectivity index (χ3v) is 6.78. The first-order valence-electron chi connectivity index (χ1n) is 9.74. The van der Waals surface area contributed by atoms with Crippen LogP contribution in [0.25, 0.3) is 10.9 Å². The van der Waals surface area contributed by atoms with E-state index >= 15 is 0 Å². The molecule has 2 aromatic carbocycles. The average molecular weight is 414 g/mol. The summed E-state index contributed by atoms with van der Waals surface area (Å²) in [6.45, 7) is 1.64. The van der Waals surface area contributed by atoms with Gasteiger partial charge >= 0.3 is 0 Å². The molecule has 0 saturated carbocycles. The normalized spacial score (nSPS) is 18.3. The average Bonchev–Trinajstić information content (AvgIpc) is 3.11. The molecule has 1 aromatic heterocycles. The van der Waals surface area contributed by atoms with Crippen molar-refractivity contribution < 1.29 is 8.42 Å². The number of H-pyrrole nitrogens is 1. The summed E-state index contributed by atoms with van der Waals surface area (Å²) in [6.07, 6.45) is 2.08. The molecule has 2 heterocycles. The third-order valence-electron chi connectivity index (χ3n) is 5.51. The SMILES string of the molecule is CN(C)c1n[nH]c2ccc(N3CCN(S(C)(=O)=O)C[C@H]3Cc3ccccc3)cc12. The van der Waals surface area contributed by atoms with Gasteiger partial charge in [-0.1, -0.05) is 30.3 Å². The minimum Gasteiger partial charge on any atom is -0.366 e. The van der Waals surface area contributed by atoms with Crippen LogP contribution in [0.4, 0.5) is 11.5 Å². The van der Waals surface area contributed by atoms with E-state index in [9.17, 15) is 8.42 Å². The summed E-state index contributed by atoms with van der Waals surface area (Å²) in [5, 5.41) is 8.55. The molecule has 0 unspecified atom stereocenters. The van der Waals surface area contributed by atoms with Crippen molar-refractivity contribution in [1.29, 1.82) is 0 Å². The third kappa shape index (κ3) is 4.09. The molecule has 154 valence electrons. The van der Waals surface area contributed by atoms with Crippen LogP contribution in [-0.2, 0) is 16.4 Å². The molecule has 1 N–H and O–H groups in total. The second-order valence-electron chi connectivity index (χ2n) is 7.83. The highest BCUT2D eigenvalue weighted by Gasteiger charge is 2.31. The second kappa shape index (κ2) is 7.68. The Balaban J connectivity index is 1.70. The van der Waals surface area contributed by atoms with Crippen LogP contribution in [0.5, 0.6) is 0 Å². The van der Waals surface area contributed by atoms with Gasteiger partial charge in [0.25, 0.3) is 0 Å². The Kier molecular flexibility index (Phi) is 5.23. The number of anilines is 2. The highest BCUT2D eigenvalue weighted by atomic mass is 32.2. The molecule has 0 aliphatic carbocycles. The number of nitrogens with zero attached hydrogens (tertiary/aromatic N) is 4. The number of benzene rings is 2. The Bertz CT molecular complexity index is 1090. The van der Waals surface area contributed by atoms with E-state index in [4.69, 9.17) is 0 Å². The van der Waals surface area contributed by atoms with Crippen molar-refractivity contribution in [1.82, 2.24) is 14.5 Å². The monoisotopic (exact) mass is 413 g/mol. The molecular weight excluding hydrogens is 386 g/mol. The zero-order valence-electron chi connectivity index (χ0n) is 17.0. The molecule has 8 heteroatoms. The molecule has 29 heavy (non-hydrogen) atoms. The van der Waals surface area contributed by atoms with Gasteiger partial charge in [-0.05, 0) is 30.2 Å². The Morgan fingerprint density at radius 2 is 1.90 bits per heavy atom. The number of aromatic nitrogens is 2. The van der Waals surface area contributed by atoms with Crippen LogP contribution in [0.15, 0.2) is 48.5 Å². The van der Waals surface area contributed by atoms with Gasteiger partial charge < -0.3 is 9.80 Å². The number of piperazine rings is 1. The van der Waals surface area contributed by atoms with Crippen LogP contribution in [0.3, 0.4) is 0 Å². The van der Waals surface area contributed by atoms with E-state index in [1.54, 1.807) is 4.31 Å². The summed E-state index contributed by atoms with van der Waals surface area (Å²) < 4.78 is 25.9. The van der Waals surface area contributed by atoms with E-state index in [-0.39, 0.29) is 6.04 Å². The summed E-state index contributed by atoms with van der Waals surface area (Å²) in [7, 11) is 0.740. The van der Waals surface area contributed by atoms with E-state index in [1.807, 2.05) is 43.3 Å². The lowest BCUT2D eigenvalue weighted by Gasteiger charge is -2.42. The molecule has 1 atom stereocenters. The van der Waals surface area contributed by atoms with Crippen molar-refractivity contribution in [2.45, 2.75) is 12.5 Å². The second-order valence-corrected chi connectivity index (χ2v) is 9.81. The van der Waals surface area contributed by atoms with Crippen molar-refractivity contribution in [2.75, 3.05) is 49.8 Å². The molecule has 0 spiro atoms. The smallest absolute Gasteiger partial charge is 0.211 e. The van der Waals surface area contributed by atoms with Crippen molar-refractivity contribution in [3.8, 4) is 0 Å². The van der Waals surface area contributed by atoms with Crippen molar-refractivity contribution >= 4 is 32.4 Å². The quantitative estimate of drug-likeness (QED) is 0.695. The fraction of sp³-hybridized carbons (Fsp3) is 0.381. The first kappa shape index (κ1) is 19.7. The van der Waals surface area contributed by atoms with Crippen LogP contribution in [-0.4, -0.2) is 68.9 Å². The molecule has 0 radical (unpaired) electrons. The Labute approximate surface area is 172 Å². The first-order valence-corrected chi connectivity index (χ1v) is 11.6. The maximum atomic E-state index is 12.2. The van der Waals surface area contributed by atoms with E-state index in [2.05, 4.69) is 39.4 Å². The van der Waals surface area contributed by atoms with Crippen LogP contribution >= 0.6 is 0 Å². The topological polar surface area (TPSA) is 72.5 Å². The molecule has 7 nitrogen and oxygen atoms in total. The Hall–Kier alpha value is -2.58. The predicted octanol–water partition coefficient (Wildman–Crippen LogP) is 2.32. The van der Waals surface area contributed by atoms with E-state index in [1.165, 1.54) is 11.8 Å². The summed E-state index contributed by atoms with van der Waals surface area (Å²) in [5.41, 5.74) is 3.29. The summed E-state index contributed by atoms with van der Waals surface area (Å²) in [5.74, 6) is 0.899. The van der Waals surface area contributed by atoms with Crippen LogP contribution in [0.1, 0.15) is 5.56 Å². The summed E-state index contributed by atoms with van der Waals surface area (Å²) in [6, 6.07) is 16.6. The number of fused-ring (bicyclic) bond motifs is 1. The predicted molar refractivity (Wildman–Crippen MR) is 118 cm³/mol. The number of nitrogens with one attached hydrogen (secondary N) is 1. The standard InChI is InChI=1S/C21H27N5O2S/c1-24(2)21-19-14-17(9-10-20(19)22-23-21)26-12-11-25(29(3,27)28)15-18(26)13-16-7-5-4-6-8-16/h4-10,14,18H,11-13,15H2,1-3H3,(H,22,23)/t18-/m1/s1. The largest absolute Gasteiger partial charge is 0.366 e. The summed E-state index contributed by atoms with van der Waals surface area (Å²) in [4.78, 5) is 4.33. The Morgan fingerprint density at radius 1 is 1.14 bits per heavy atom. The number of hydrogen-bond acceptors (Lipinski definition) is 5. The summed E-state index contributed by atoms with van der Waals surface area (Å²) >= 11 is 0. The van der Waals surface area contributed by atoms with Gasteiger partial charge in [-0.25, -0.2) is 8.42 Å². The fourth-order valence-corrected chi connectivity index (χ4v) is 4.89. The first-order chi connectivity index (χ1) is 13.8. The molecule has 1 saturated heterocycles. The van der Waals surface area contributed by atoms with Gasteiger partial charge in [0.05, 0.1) is 11.8 Å². The van der Waals surface area contributed by atoms with E-state index < -0.39 is 10.0 Å². The van der Waals surface area contributed by atoms with Crippen molar-refractivity contribution in [3.63, 3.8) is 0 Å². The van der Waals surface area contributed by atoms with Gasteiger partial charge in [0, 0.05) is 50.8 Å². The molecule has 0 bridgehead atoms. The van der Waals surface area contributed by atoms with Crippen LogP contribution in [0, 0.1) is 0 Å². The van der Waals surface area contributed by atoms with Gasteiger partial charge in [-0.2, -0.15) is 9.40 Å². The van der Waals surface area contributed by atoms with E-state index in [0.29, 0.717) is 19.6 Å². The maximum absolute atomic E-state index is 12.2. The van der Waals surface area contributed by atoms with Crippen molar-refractivity contribution in [2.24, 2.45) is 0 Å². The lowest BCUT2D eigenvalue weighted by Crippen LogP contribution is -2.55. The molecule has 3 aromatic rings.